The highest BCUT2D eigenvalue weighted by Crippen LogP contribution is 2.22. The van der Waals surface area contributed by atoms with E-state index in [2.05, 4.69) is 10.3 Å². The van der Waals surface area contributed by atoms with Gasteiger partial charge in [0.15, 0.2) is 0 Å². The molecule has 3 rings (SSSR count). The first-order chi connectivity index (χ1) is 14.4. The van der Waals surface area contributed by atoms with Crippen molar-refractivity contribution < 1.29 is 14.3 Å². The standard InChI is InChI=1S/C22H22ClN3O4/c1-14-4-9-19(18(23)10-14)25-21(27)12-26-20(24-15(2)11-22(26)28)13-30-17-7-5-16(29-3)6-8-17/h4-11H,12-13H2,1-3H3,(H,25,27). The van der Waals surface area contributed by atoms with Crippen molar-refractivity contribution in [3.63, 3.8) is 0 Å². The number of ether oxygens (including phenoxy) is 2. The Hall–Kier alpha value is -3.32. The summed E-state index contributed by atoms with van der Waals surface area (Å²) in [5, 5.41) is 3.16. The molecule has 1 heterocycles. The normalized spacial score (nSPS) is 10.5. The Morgan fingerprint density at radius 1 is 1.10 bits per heavy atom. The van der Waals surface area contributed by atoms with Gasteiger partial charge < -0.3 is 14.8 Å². The number of benzene rings is 2. The molecule has 7 nitrogen and oxygen atoms in total. The Morgan fingerprint density at radius 2 is 1.80 bits per heavy atom. The van der Waals surface area contributed by atoms with E-state index in [9.17, 15) is 9.59 Å². The Kier molecular flexibility index (Phi) is 6.74. The smallest absolute Gasteiger partial charge is 0.254 e. The van der Waals surface area contributed by atoms with Crippen LogP contribution in [-0.2, 0) is 17.9 Å². The summed E-state index contributed by atoms with van der Waals surface area (Å²) in [5.41, 5.74) is 1.68. The average Bonchev–Trinajstić information content (AvgIpc) is 2.71. The molecule has 0 saturated heterocycles. The molecule has 0 saturated carbocycles. The SMILES string of the molecule is COc1ccc(OCc2nc(C)cc(=O)n2CC(=O)Nc2ccc(C)cc2Cl)cc1. The summed E-state index contributed by atoms with van der Waals surface area (Å²) in [6.07, 6.45) is 0. The maximum absolute atomic E-state index is 12.5. The Labute approximate surface area is 179 Å². The number of nitrogens with zero attached hydrogens (tertiary/aromatic N) is 2. The summed E-state index contributed by atoms with van der Waals surface area (Å²) < 4.78 is 12.2. The highest BCUT2D eigenvalue weighted by molar-refractivity contribution is 6.33. The van der Waals surface area contributed by atoms with Gasteiger partial charge in [0.05, 0.1) is 17.8 Å². The molecule has 0 aliphatic heterocycles. The molecule has 8 heteroatoms. The zero-order valence-corrected chi connectivity index (χ0v) is 17.7. The number of nitrogens with one attached hydrogen (secondary N) is 1. The fourth-order valence-electron chi connectivity index (χ4n) is 2.83. The fraction of sp³-hybridized carbons (Fsp3) is 0.227. The van der Waals surface area contributed by atoms with Crippen molar-refractivity contribution in [3.05, 3.63) is 81.0 Å². The van der Waals surface area contributed by atoms with E-state index >= 15 is 0 Å². The van der Waals surface area contributed by atoms with Crippen molar-refractivity contribution >= 4 is 23.2 Å². The monoisotopic (exact) mass is 427 g/mol. The lowest BCUT2D eigenvalue weighted by Crippen LogP contribution is -2.31. The maximum Gasteiger partial charge on any atom is 0.254 e. The molecule has 0 radical (unpaired) electrons. The van der Waals surface area contributed by atoms with E-state index in [-0.39, 0.29) is 24.6 Å². The van der Waals surface area contributed by atoms with Crippen molar-refractivity contribution in [1.82, 2.24) is 9.55 Å². The van der Waals surface area contributed by atoms with E-state index in [0.717, 1.165) is 5.56 Å². The van der Waals surface area contributed by atoms with Crippen molar-refractivity contribution in [2.45, 2.75) is 27.0 Å². The first kappa shape index (κ1) is 21.4. The van der Waals surface area contributed by atoms with Gasteiger partial charge in [0, 0.05) is 11.8 Å². The van der Waals surface area contributed by atoms with Gasteiger partial charge in [0.25, 0.3) is 5.56 Å². The van der Waals surface area contributed by atoms with Gasteiger partial charge in [-0.3, -0.25) is 14.2 Å². The van der Waals surface area contributed by atoms with Crippen molar-refractivity contribution in [1.29, 1.82) is 0 Å². The summed E-state index contributed by atoms with van der Waals surface area (Å²) >= 11 is 6.17. The van der Waals surface area contributed by atoms with Gasteiger partial charge in [-0.1, -0.05) is 17.7 Å². The molecule has 0 atom stereocenters. The first-order valence-electron chi connectivity index (χ1n) is 9.26. The summed E-state index contributed by atoms with van der Waals surface area (Å²) in [4.78, 5) is 29.4. The Bertz CT molecular complexity index is 1110. The summed E-state index contributed by atoms with van der Waals surface area (Å²) in [6, 6.07) is 13.7. The topological polar surface area (TPSA) is 82.5 Å². The number of aryl methyl sites for hydroxylation is 2. The second-order valence-corrected chi connectivity index (χ2v) is 7.14. The molecule has 1 N–H and O–H groups in total. The molecule has 0 bridgehead atoms. The van der Waals surface area contributed by atoms with Crippen molar-refractivity contribution in [2.75, 3.05) is 12.4 Å². The minimum atomic E-state index is -0.390. The molecule has 0 aliphatic rings. The maximum atomic E-state index is 12.5. The molecule has 0 unspecified atom stereocenters. The van der Waals surface area contributed by atoms with Crippen LogP contribution in [-0.4, -0.2) is 22.6 Å². The van der Waals surface area contributed by atoms with Gasteiger partial charge in [-0.05, 0) is 55.8 Å². The largest absolute Gasteiger partial charge is 0.497 e. The van der Waals surface area contributed by atoms with Crippen LogP contribution in [0.4, 0.5) is 5.69 Å². The van der Waals surface area contributed by atoms with Crippen LogP contribution in [0.2, 0.25) is 5.02 Å². The number of carbonyl (C=O) groups is 1. The van der Waals surface area contributed by atoms with Gasteiger partial charge in [0.1, 0.15) is 30.5 Å². The molecule has 30 heavy (non-hydrogen) atoms. The number of halogens is 1. The zero-order valence-electron chi connectivity index (χ0n) is 16.9. The predicted molar refractivity (Wildman–Crippen MR) is 115 cm³/mol. The third-order valence-electron chi connectivity index (χ3n) is 4.34. The summed E-state index contributed by atoms with van der Waals surface area (Å²) in [5.74, 6) is 1.26. The van der Waals surface area contributed by atoms with E-state index < -0.39 is 0 Å². The second kappa shape index (κ2) is 9.45. The Morgan fingerprint density at radius 3 is 2.47 bits per heavy atom. The van der Waals surface area contributed by atoms with Crippen LogP contribution in [0.5, 0.6) is 11.5 Å². The van der Waals surface area contributed by atoms with Crippen LogP contribution in [0.3, 0.4) is 0 Å². The molecular formula is C22H22ClN3O4. The molecule has 0 aliphatic carbocycles. The summed E-state index contributed by atoms with van der Waals surface area (Å²) in [7, 11) is 1.58. The second-order valence-electron chi connectivity index (χ2n) is 6.73. The molecule has 2 aromatic carbocycles. The van der Waals surface area contributed by atoms with Gasteiger partial charge in [-0.15, -0.1) is 0 Å². The van der Waals surface area contributed by atoms with Crippen LogP contribution >= 0.6 is 11.6 Å². The number of methoxy groups -OCH3 is 1. The number of aromatic nitrogens is 2. The lowest BCUT2D eigenvalue weighted by atomic mass is 10.2. The fourth-order valence-corrected chi connectivity index (χ4v) is 3.12. The lowest BCUT2D eigenvalue weighted by Gasteiger charge is -2.14. The van der Waals surface area contributed by atoms with Crippen LogP contribution in [0.25, 0.3) is 0 Å². The highest BCUT2D eigenvalue weighted by atomic mass is 35.5. The molecular weight excluding hydrogens is 406 g/mol. The third kappa shape index (κ3) is 5.39. The lowest BCUT2D eigenvalue weighted by molar-refractivity contribution is -0.116. The minimum Gasteiger partial charge on any atom is -0.497 e. The number of carbonyl (C=O) groups excluding carboxylic acids is 1. The van der Waals surface area contributed by atoms with Gasteiger partial charge in [-0.2, -0.15) is 0 Å². The van der Waals surface area contributed by atoms with Crippen LogP contribution < -0.4 is 20.3 Å². The van der Waals surface area contributed by atoms with Crippen LogP contribution in [0, 0.1) is 13.8 Å². The van der Waals surface area contributed by atoms with Gasteiger partial charge in [-0.25, -0.2) is 4.98 Å². The van der Waals surface area contributed by atoms with E-state index in [1.807, 2.05) is 13.0 Å². The van der Waals surface area contributed by atoms with Crippen LogP contribution in [0.15, 0.2) is 53.3 Å². The molecule has 1 aromatic heterocycles. The van der Waals surface area contributed by atoms with Gasteiger partial charge in [0.2, 0.25) is 5.91 Å². The number of rotatable bonds is 7. The molecule has 156 valence electrons. The van der Waals surface area contributed by atoms with E-state index in [1.165, 1.54) is 10.6 Å². The van der Waals surface area contributed by atoms with E-state index in [4.69, 9.17) is 21.1 Å². The summed E-state index contributed by atoms with van der Waals surface area (Å²) in [6.45, 7) is 3.44. The van der Waals surface area contributed by atoms with Gasteiger partial charge >= 0.3 is 0 Å². The quantitative estimate of drug-likeness (QED) is 0.621. The average molecular weight is 428 g/mol. The molecule has 0 fully saturated rings. The zero-order chi connectivity index (χ0) is 21.7. The number of amides is 1. The number of anilines is 1. The number of hydrogen-bond acceptors (Lipinski definition) is 5. The van der Waals surface area contributed by atoms with Crippen LogP contribution in [0.1, 0.15) is 17.1 Å². The first-order valence-corrected chi connectivity index (χ1v) is 9.63. The van der Waals surface area contributed by atoms with Crippen molar-refractivity contribution in [3.8, 4) is 11.5 Å². The Balaban J connectivity index is 1.76. The minimum absolute atomic E-state index is 0.0296. The van der Waals surface area contributed by atoms with E-state index in [0.29, 0.717) is 33.7 Å². The predicted octanol–water partition coefficient (Wildman–Crippen LogP) is 3.74. The third-order valence-corrected chi connectivity index (χ3v) is 4.66. The molecule has 3 aromatic rings. The van der Waals surface area contributed by atoms with Crippen molar-refractivity contribution in [2.24, 2.45) is 0 Å². The van der Waals surface area contributed by atoms with E-state index in [1.54, 1.807) is 50.4 Å². The molecule has 0 spiro atoms. The number of hydrogen-bond donors (Lipinski definition) is 1. The highest BCUT2D eigenvalue weighted by Gasteiger charge is 2.13. The molecule has 1 amide bonds.